The van der Waals surface area contributed by atoms with E-state index in [1.807, 2.05) is 0 Å². The molecule has 0 bridgehead atoms. The van der Waals surface area contributed by atoms with Gasteiger partial charge in [-0.3, -0.25) is 4.79 Å². The van der Waals surface area contributed by atoms with Crippen LogP contribution < -0.4 is 5.32 Å². The number of aliphatic carboxylic acids is 1. The summed E-state index contributed by atoms with van der Waals surface area (Å²) in [5, 5.41) is 12.8. The summed E-state index contributed by atoms with van der Waals surface area (Å²) < 4.78 is 21.9. The van der Waals surface area contributed by atoms with Crippen molar-refractivity contribution in [1.29, 1.82) is 0 Å². The lowest BCUT2D eigenvalue weighted by molar-refractivity contribution is -0.138. The maximum Gasteiger partial charge on any atom is 0.312 e. The number of nitrogens with one attached hydrogen (secondary N) is 1. The number of thiazole rings is 1. The number of fused-ring (bicyclic) bond motifs is 1. The number of carboxylic acid groups (broad SMARTS) is 1. The molecular formula is C11H16N2O4S2. The van der Waals surface area contributed by atoms with E-state index in [4.69, 9.17) is 5.11 Å². The zero-order valence-corrected chi connectivity index (χ0v) is 12.2. The van der Waals surface area contributed by atoms with Gasteiger partial charge in [-0.15, -0.1) is 11.3 Å². The van der Waals surface area contributed by atoms with Crippen molar-refractivity contribution in [3.63, 3.8) is 0 Å². The molecule has 0 aliphatic heterocycles. The van der Waals surface area contributed by atoms with Gasteiger partial charge in [0.25, 0.3) is 0 Å². The Hall–Kier alpha value is -1.15. The number of hydrogen-bond acceptors (Lipinski definition) is 6. The van der Waals surface area contributed by atoms with Gasteiger partial charge in [-0.1, -0.05) is 0 Å². The third-order valence-electron chi connectivity index (χ3n) is 2.98. The minimum absolute atomic E-state index is 0.142. The Morgan fingerprint density at radius 1 is 1.58 bits per heavy atom. The molecule has 19 heavy (non-hydrogen) atoms. The summed E-state index contributed by atoms with van der Waals surface area (Å²) in [6, 6.07) is 0. The summed E-state index contributed by atoms with van der Waals surface area (Å²) in [7, 11) is -2.93. The third-order valence-corrected chi connectivity index (χ3v) is 5.10. The Balaban J connectivity index is 1.90. The van der Waals surface area contributed by atoms with Gasteiger partial charge in [0.2, 0.25) is 0 Å². The second kappa shape index (κ2) is 5.46. The smallest absolute Gasteiger partial charge is 0.312 e. The van der Waals surface area contributed by atoms with E-state index in [0.29, 0.717) is 30.2 Å². The van der Waals surface area contributed by atoms with Gasteiger partial charge in [0.1, 0.15) is 15.8 Å². The lowest BCUT2D eigenvalue weighted by Crippen LogP contribution is -2.11. The normalized spacial score (nSPS) is 18.3. The summed E-state index contributed by atoms with van der Waals surface area (Å²) in [5.74, 6) is -1.17. The molecule has 0 aromatic carbocycles. The third kappa shape index (κ3) is 3.66. The van der Waals surface area contributed by atoms with Gasteiger partial charge in [-0.25, -0.2) is 13.4 Å². The number of aromatic nitrogens is 1. The van der Waals surface area contributed by atoms with Crippen molar-refractivity contribution < 1.29 is 18.3 Å². The van der Waals surface area contributed by atoms with Crippen molar-refractivity contribution >= 4 is 32.3 Å². The van der Waals surface area contributed by atoms with Crippen molar-refractivity contribution in [2.24, 2.45) is 0 Å². The first-order valence-electron chi connectivity index (χ1n) is 6.01. The predicted octanol–water partition coefficient (Wildman–Crippen LogP) is 1.10. The first-order valence-corrected chi connectivity index (χ1v) is 8.88. The summed E-state index contributed by atoms with van der Waals surface area (Å²) in [5.41, 5.74) is 0.670. The van der Waals surface area contributed by atoms with Crippen LogP contribution in [0.15, 0.2) is 0 Å². The van der Waals surface area contributed by atoms with Gasteiger partial charge in [0, 0.05) is 17.7 Å². The molecule has 2 rings (SSSR count). The van der Waals surface area contributed by atoms with E-state index in [-0.39, 0.29) is 5.75 Å². The first-order chi connectivity index (χ1) is 8.87. The number of rotatable bonds is 6. The second-order valence-corrected chi connectivity index (χ2v) is 8.01. The minimum atomic E-state index is -2.93. The molecule has 0 amide bonds. The molecule has 0 saturated heterocycles. The SMILES string of the molecule is CS(=O)(=O)CCCNc1nc2c(s1)CCC2C(=O)O. The molecular weight excluding hydrogens is 288 g/mol. The van der Waals surface area contributed by atoms with E-state index in [1.165, 1.54) is 17.6 Å². The van der Waals surface area contributed by atoms with Gasteiger partial charge in [0.15, 0.2) is 5.13 Å². The number of hydrogen-bond donors (Lipinski definition) is 2. The van der Waals surface area contributed by atoms with Crippen LogP contribution in [0.2, 0.25) is 0 Å². The zero-order valence-electron chi connectivity index (χ0n) is 10.5. The number of aryl methyl sites for hydroxylation is 1. The molecule has 0 spiro atoms. The highest BCUT2D eigenvalue weighted by atomic mass is 32.2. The number of anilines is 1. The highest BCUT2D eigenvalue weighted by molar-refractivity contribution is 7.90. The van der Waals surface area contributed by atoms with E-state index >= 15 is 0 Å². The number of carboxylic acids is 1. The molecule has 1 aliphatic rings. The second-order valence-electron chi connectivity index (χ2n) is 4.67. The van der Waals surface area contributed by atoms with Crippen LogP contribution in [-0.4, -0.2) is 43.0 Å². The van der Waals surface area contributed by atoms with Crippen LogP contribution in [0.1, 0.15) is 29.3 Å². The van der Waals surface area contributed by atoms with Gasteiger partial charge < -0.3 is 10.4 Å². The molecule has 106 valence electrons. The highest BCUT2D eigenvalue weighted by Gasteiger charge is 2.32. The van der Waals surface area contributed by atoms with Crippen molar-refractivity contribution in [2.45, 2.75) is 25.2 Å². The molecule has 1 heterocycles. The summed E-state index contributed by atoms with van der Waals surface area (Å²) in [6.07, 6.45) is 3.11. The molecule has 0 saturated carbocycles. The molecule has 0 fully saturated rings. The summed E-state index contributed by atoms with van der Waals surface area (Å²) in [4.78, 5) is 16.4. The van der Waals surface area contributed by atoms with Gasteiger partial charge in [-0.05, 0) is 19.3 Å². The minimum Gasteiger partial charge on any atom is -0.481 e. The van der Waals surface area contributed by atoms with Crippen LogP contribution >= 0.6 is 11.3 Å². The Labute approximate surface area is 115 Å². The molecule has 2 N–H and O–H groups in total. The zero-order chi connectivity index (χ0) is 14.0. The Bertz CT molecular complexity index is 580. The van der Waals surface area contributed by atoms with Gasteiger partial charge >= 0.3 is 5.97 Å². The predicted molar refractivity (Wildman–Crippen MR) is 73.6 cm³/mol. The van der Waals surface area contributed by atoms with E-state index in [1.54, 1.807) is 0 Å². The average molecular weight is 304 g/mol. The standard InChI is InChI=1S/C11H16N2O4S2/c1-19(16,17)6-2-5-12-11-13-9-7(10(14)15)3-4-8(9)18-11/h7H,2-6H2,1H3,(H,12,13)(H,14,15). The maximum absolute atomic E-state index is 11.0. The lowest BCUT2D eigenvalue weighted by Gasteiger charge is -2.03. The van der Waals surface area contributed by atoms with Crippen LogP contribution in [0, 0.1) is 0 Å². The lowest BCUT2D eigenvalue weighted by atomic mass is 10.1. The molecule has 1 aromatic rings. The highest BCUT2D eigenvalue weighted by Crippen LogP contribution is 2.38. The van der Waals surface area contributed by atoms with Crippen molar-refractivity contribution in [1.82, 2.24) is 4.98 Å². The van der Waals surface area contributed by atoms with Crippen molar-refractivity contribution in [3.05, 3.63) is 10.6 Å². The molecule has 1 atom stereocenters. The van der Waals surface area contributed by atoms with E-state index < -0.39 is 21.7 Å². The van der Waals surface area contributed by atoms with Gasteiger partial charge in [0.05, 0.1) is 11.4 Å². The van der Waals surface area contributed by atoms with E-state index in [2.05, 4.69) is 10.3 Å². The fourth-order valence-electron chi connectivity index (χ4n) is 2.07. The van der Waals surface area contributed by atoms with Crippen molar-refractivity contribution in [3.8, 4) is 0 Å². The fourth-order valence-corrected chi connectivity index (χ4v) is 3.81. The molecule has 1 aliphatic carbocycles. The first kappa shape index (κ1) is 14.3. The molecule has 0 radical (unpaired) electrons. The quantitative estimate of drug-likeness (QED) is 0.764. The maximum atomic E-state index is 11.0. The Morgan fingerprint density at radius 2 is 2.32 bits per heavy atom. The van der Waals surface area contributed by atoms with Crippen LogP contribution in [0.4, 0.5) is 5.13 Å². The molecule has 6 nitrogen and oxygen atoms in total. The van der Waals surface area contributed by atoms with E-state index in [0.717, 1.165) is 11.3 Å². The monoisotopic (exact) mass is 304 g/mol. The van der Waals surface area contributed by atoms with Crippen molar-refractivity contribution in [2.75, 3.05) is 23.9 Å². The van der Waals surface area contributed by atoms with Crippen LogP contribution in [0.25, 0.3) is 0 Å². The number of sulfone groups is 1. The summed E-state index contributed by atoms with van der Waals surface area (Å²) >= 11 is 1.47. The largest absolute Gasteiger partial charge is 0.481 e. The Morgan fingerprint density at radius 3 is 2.95 bits per heavy atom. The van der Waals surface area contributed by atoms with Crippen LogP contribution in [0.3, 0.4) is 0 Å². The Kier molecular flexibility index (Phi) is 4.10. The number of carbonyl (C=O) groups is 1. The molecule has 1 unspecified atom stereocenters. The van der Waals surface area contributed by atoms with E-state index in [9.17, 15) is 13.2 Å². The fraction of sp³-hybridized carbons (Fsp3) is 0.636. The number of nitrogens with zero attached hydrogens (tertiary/aromatic N) is 1. The topological polar surface area (TPSA) is 96.4 Å². The van der Waals surface area contributed by atoms with Crippen LogP contribution in [-0.2, 0) is 21.1 Å². The van der Waals surface area contributed by atoms with Crippen LogP contribution in [0.5, 0.6) is 0 Å². The summed E-state index contributed by atoms with van der Waals surface area (Å²) in [6.45, 7) is 0.525. The molecule has 8 heteroatoms. The van der Waals surface area contributed by atoms with Gasteiger partial charge in [-0.2, -0.15) is 0 Å². The molecule has 1 aromatic heterocycles. The average Bonchev–Trinajstić information content (AvgIpc) is 2.81.